The Morgan fingerprint density at radius 3 is 2.69 bits per heavy atom. The van der Waals surface area contributed by atoms with Gasteiger partial charge in [0.2, 0.25) is 5.88 Å². The second-order valence-corrected chi connectivity index (χ2v) is 8.31. The second-order valence-electron chi connectivity index (χ2n) is 8.31. The lowest BCUT2D eigenvalue weighted by Gasteiger charge is -2.30. The third kappa shape index (κ3) is 3.88. The Labute approximate surface area is 168 Å². The van der Waals surface area contributed by atoms with Crippen molar-refractivity contribution in [2.75, 3.05) is 6.61 Å². The summed E-state index contributed by atoms with van der Waals surface area (Å²) < 4.78 is 11.8. The average Bonchev–Trinajstić information content (AvgIpc) is 3.34. The van der Waals surface area contributed by atoms with Crippen LogP contribution in [0.5, 0.6) is 11.9 Å². The van der Waals surface area contributed by atoms with Gasteiger partial charge in [0.15, 0.2) is 0 Å². The van der Waals surface area contributed by atoms with E-state index in [9.17, 15) is 10.1 Å². The van der Waals surface area contributed by atoms with E-state index in [2.05, 4.69) is 15.3 Å². The van der Waals surface area contributed by atoms with Crippen LogP contribution in [0.15, 0.2) is 24.3 Å². The Bertz CT molecular complexity index is 937. The highest BCUT2D eigenvalue weighted by atomic mass is 16.6. The summed E-state index contributed by atoms with van der Waals surface area (Å²) in [5.41, 5.74) is 8.10. The first-order valence-corrected chi connectivity index (χ1v) is 9.66. The fourth-order valence-corrected chi connectivity index (χ4v) is 3.58. The molecule has 2 aliphatic rings. The van der Waals surface area contributed by atoms with E-state index >= 15 is 0 Å². The van der Waals surface area contributed by atoms with Crippen LogP contribution in [0.1, 0.15) is 43.5 Å². The van der Waals surface area contributed by atoms with Crippen molar-refractivity contribution < 1.29 is 14.4 Å². The number of rotatable bonds is 8. The molecule has 0 unspecified atom stereocenters. The van der Waals surface area contributed by atoms with Crippen molar-refractivity contribution >= 4 is 5.69 Å². The lowest BCUT2D eigenvalue weighted by atomic mass is 9.86. The number of hydrogen-bond donors (Lipinski definition) is 2. The normalized spacial score (nSPS) is 16.9. The molecule has 3 N–H and O–H groups in total. The molecule has 29 heavy (non-hydrogen) atoms. The molecule has 1 aliphatic carbocycles. The number of nitrogens with two attached hydrogens (primary N) is 1. The van der Waals surface area contributed by atoms with Crippen molar-refractivity contribution in [3.63, 3.8) is 0 Å². The van der Waals surface area contributed by atoms with Crippen LogP contribution in [0.4, 0.5) is 5.69 Å². The summed E-state index contributed by atoms with van der Waals surface area (Å²) in [6, 6.07) is 6.76. The molecule has 0 spiro atoms. The third-order valence-corrected chi connectivity index (χ3v) is 5.88. The van der Waals surface area contributed by atoms with Gasteiger partial charge in [0.1, 0.15) is 6.61 Å². The monoisotopic (exact) mass is 399 g/mol. The molecule has 0 atom stereocenters. The van der Waals surface area contributed by atoms with E-state index in [0.717, 1.165) is 24.1 Å². The highest BCUT2D eigenvalue weighted by molar-refractivity contribution is 5.40. The van der Waals surface area contributed by atoms with Crippen LogP contribution in [-0.4, -0.2) is 27.0 Å². The molecule has 0 saturated heterocycles. The van der Waals surface area contributed by atoms with E-state index in [1.807, 2.05) is 13.8 Å². The number of fused-ring (bicyclic) bond motifs is 1. The molecule has 1 aromatic carbocycles. The number of benzene rings is 1. The molecule has 1 aromatic heterocycles. The maximum absolute atomic E-state index is 11.2. The number of ether oxygens (including phenoxy) is 2. The third-order valence-electron chi connectivity index (χ3n) is 5.88. The van der Waals surface area contributed by atoms with Crippen molar-refractivity contribution in [1.29, 1.82) is 0 Å². The van der Waals surface area contributed by atoms with Crippen LogP contribution in [0.3, 0.4) is 0 Å². The van der Waals surface area contributed by atoms with Gasteiger partial charge in [0.05, 0.1) is 28.4 Å². The Morgan fingerprint density at radius 2 is 2.00 bits per heavy atom. The summed E-state index contributed by atoms with van der Waals surface area (Å²) in [5.74, 6) is 0.394. The van der Waals surface area contributed by atoms with E-state index in [-0.39, 0.29) is 29.3 Å². The number of nitro groups is 1. The van der Waals surface area contributed by atoms with Gasteiger partial charge in [0, 0.05) is 30.1 Å². The van der Waals surface area contributed by atoms with Crippen molar-refractivity contribution in [3.05, 3.63) is 51.2 Å². The summed E-state index contributed by atoms with van der Waals surface area (Å²) in [7, 11) is 0. The molecule has 154 valence electrons. The molecule has 0 bridgehead atoms. The van der Waals surface area contributed by atoms with Crippen molar-refractivity contribution in [2.45, 2.75) is 51.9 Å². The van der Waals surface area contributed by atoms with Gasteiger partial charge in [-0.05, 0) is 32.8 Å². The van der Waals surface area contributed by atoms with Gasteiger partial charge >= 0.3 is 6.01 Å². The number of nitro benzene ring substituents is 1. The van der Waals surface area contributed by atoms with Gasteiger partial charge in [-0.1, -0.05) is 12.1 Å². The van der Waals surface area contributed by atoms with Crippen LogP contribution < -0.4 is 20.5 Å². The molecule has 1 saturated carbocycles. The maximum atomic E-state index is 11.2. The highest BCUT2D eigenvalue weighted by Gasteiger charge is 2.53. The first kappa shape index (κ1) is 19.5. The van der Waals surface area contributed by atoms with E-state index in [4.69, 9.17) is 15.2 Å². The first-order chi connectivity index (χ1) is 13.8. The second kappa shape index (κ2) is 7.23. The summed E-state index contributed by atoms with van der Waals surface area (Å²) in [6.45, 7) is 5.70. The lowest BCUT2D eigenvalue weighted by Crippen LogP contribution is -2.45. The molecular formula is C20H25N5O4. The number of nitrogens with zero attached hydrogens (tertiary/aromatic N) is 3. The topological polar surface area (TPSA) is 125 Å². The van der Waals surface area contributed by atoms with Crippen LogP contribution in [0, 0.1) is 15.5 Å². The maximum Gasteiger partial charge on any atom is 0.320 e. The highest BCUT2D eigenvalue weighted by Crippen LogP contribution is 2.52. The van der Waals surface area contributed by atoms with E-state index in [1.165, 1.54) is 6.07 Å². The van der Waals surface area contributed by atoms with Gasteiger partial charge in [0.25, 0.3) is 5.69 Å². The lowest BCUT2D eigenvalue weighted by molar-refractivity contribution is -0.385. The molecule has 0 radical (unpaired) electrons. The molecule has 0 amide bonds. The summed E-state index contributed by atoms with van der Waals surface area (Å²) in [5, 5.41) is 14.5. The van der Waals surface area contributed by atoms with Crippen LogP contribution in [0.25, 0.3) is 0 Å². The SMILES string of the molecule is CC(C)(N)C1(COc2nc3c(c(OCc4ccccc4[N+](=O)[O-])n2)CNC3)CC1. The Morgan fingerprint density at radius 1 is 1.24 bits per heavy atom. The largest absolute Gasteiger partial charge is 0.472 e. The van der Waals surface area contributed by atoms with E-state index in [1.54, 1.807) is 18.2 Å². The van der Waals surface area contributed by atoms with Crippen molar-refractivity contribution in [1.82, 2.24) is 15.3 Å². The molecular weight excluding hydrogens is 374 g/mol. The molecule has 1 aliphatic heterocycles. The molecule has 4 rings (SSSR count). The Kier molecular flexibility index (Phi) is 4.87. The molecule has 1 fully saturated rings. The zero-order chi connectivity index (χ0) is 20.6. The number of hydrogen-bond acceptors (Lipinski definition) is 8. The van der Waals surface area contributed by atoms with Gasteiger partial charge in [-0.15, -0.1) is 0 Å². The number of para-hydroxylation sites is 1. The smallest absolute Gasteiger partial charge is 0.320 e. The van der Waals surface area contributed by atoms with E-state index in [0.29, 0.717) is 31.1 Å². The predicted molar refractivity (Wildman–Crippen MR) is 105 cm³/mol. The van der Waals surface area contributed by atoms with Crippen molar-refractivity contribution in [3.8, 4) is 11.9 Å². The minimum Gasteiger partial charge on any atom is -0.472 e. The van der Waals surface area contributed by atoms with Gasteiger partial charge < -0.3 is 20.5 Å². The van der Waals surface area contributed by atoms with Gasteiger partial charge in [-0.3, -0.25) is 10.1 Å². The summed E-state index contributed by atoms with van der Waals surface area (Å²) >= 11 is 0. The van der Waals surface area contributed by atoms with Crippen LogP contribution in [0.2, 0.25) is 0 Å². The van der Waals surface area contributed by atoms with Gasteiger partial charge in [-0.2, -0.15) is 9.97 Å². The fraction of sp³-hybridized carbons (Fsp3) is 0.500. The minimum absolute atomic E-state index is 0.0219. The molecule has 2 heterocycles. The zero-order valence-corrected chi connectivity index (χ0v) is 16.6. The summed E-state index contributed by atoms with van der Waals surface area (Å²) in [6.07, 6.45) is 2.04. The van der Waals surface area contributed by atoms with E-state index < -0.39 is 4.92 Å². The van der Waals surface area contributed by atoms with Crippen LogP contribution in [-0.2, 0) is 19.7 Å². The first-order valence-electron chi connectivity index (χ1n) is 9.66. The van der Waals surface area contributed by atoms with Crippen LogP contribution >= 0.6 is 0 Å². The molecule has 2 aromatic rings. The Balaban J connectivity index is 1.52. The summed E-state index contributed by atoms with van der Waals surface area (Å²) in [4.78, 5) is 19.8. The fourth-order valence-electron chi connectivity index (χ4n) is 3.58. The molecule has 9 nitrogen and oxygen atoms in total. The number of aromatic nitrogens is 2. The van der Waals surface area contributed by atoms with Gasteiger partial charge in [-0.25, -0.2) is 0 Å². The number of nitrogens with one attached hydrogen (secondary N) is 1. The minimum atomic E-state index is -0.414. The average molecular weight is 399 g/mol. The zero-order valence-electron chi connectivity index (χ0n) is 16.6. The predicted octanol–water partition coefficient (Wildman–Crippen LogP) is 2.46. The van der Waals surface area contributed by atoms with Crippen molar-refractivity contribution in [2.24, 2.45) is 11.1 Å². The standard InChI is InChI=1S/C20H25N5O4/c1-19(2,21)20(7-8-20)12-29-18-23-15-10-22-9-14(15)17(24-18)28-11-13-5-3-4-6-16(13)25(26)27/h3-6,22H,7-12,21H2,1-2H3. The quantitative estimate of drug-likeness (QED) is 0.512. The molecule has 9 heteroatoms. The Hall–Kier alpha value is -2.78.